The number of amides is 6. The van der Waals surface area contributed by atoms with Gasteiger partial charge in [0.15, 0.2) is 0 Å². The summed E-state index contributed by atoms with van der Waals surface area (Å²) in [5, 5.41) is 7.08. The largest absolute Gasteiger partial charge is 0.444 e. The number of guanidine groups is 1. The third-order valence-corrected chi connectivity index (χ3v) is 8.42. The molecule has 0 aromatic heterocycles. The minimum atomic E-state index is -1.40. The lowest BCUT2D eigenvalue weighted by molar-refractivity contribution is -0.136. The highest BCUT2D eigenvalue weighted by Gasteiger charge is 2.47. The molecule has 4 rings (SSSR count). The molecule has 0 radical (unpaired) electrons. The number of nitrogens with zero attached hydrogens (tertiary/aromatic N) is 3. The molecule has 326 valence electrons. The number of benzene rings is 3. The summed E-state index contributed by atoms with van der Waals surface area (Å²) < 4.78 is 36.6. The second kappa shape index (κ2) is 19.3. The molecule has 1 heterocycles. The third kappa shape index (κ3) is 13.8. The zero-order valence-corrected chi connectivity index (χ0v) is 36.1. The van der Waals surface area contributed by atoms with Crippen LogP contribution in [0.3, 0.4) is 0 Å². The summed E-state index contributed by atoms with van der Waals surface area (Å²) in [6.07, 6.45) is -2.97. The zero-order chi connectivity index (χ0) is 45.4. The number of ether oxygens (including phenoxy) is 4. The number of carbonyl (C=O) groups is 6. The smallest absolute Gasteiger partial charge is 0.437 e. The molecule has 0 spiro atoms. The van der Waals surface area contributed by atoms with Crippen LogP contribution in [0.4, 0.5) is 34.9 Å². The van der Waals surface area contributed by atoms with Crippen LogP contribution in [-0.4, -0.2) is 76.4 Å². The van der Waals surface area contributed by atoms with Gasteiger partial charge >= 0.3 is 36.2 Å². The van der Waals surface area contributed by atoms with E-state index in [0.29, 0.717) is 11.1 Å². The molecule has 1 aliphatic heterocycles. The molecule has 0 bridgehead atoms. The standard InChI is InChI=1S/C43H50ClFN6O10/c1-11-25-17-19-28-31(21-25)51(40(57)58-24-26-15-13-12-14-16-26)32(33(28)47-35(53)34(52)46-27-18-20-29(44)30(45)22-27)23-50(39(56)61-43(8,9)10)36(48-37(54)59-41(2,3)4)49-38(55)60-42(5,6)7/h11-22,32-33H,1,23-24H2,2-10H3,(H,46,52)(H,47,53)(H,48,49,54,55)/t32-,33+/m1/s1. The summed E-state index contributed by atoms with van der Waals surface area (Å²) in [4.78, 5) is 88.3. The molecule has 1 aliphatic rings. The van der Waals surface area contributed by atoms with Gasteiger partial charge < -0.3 is 29.6 Å². The summed E-state index contributed by atoms with van der Waals surface area (Å²) in [5.74, 6) is -4.04. The molecule has 0 aliphatic carbocycles. The minimum Gasteiger partial charge on any atom is -0.444 e. The van der Waals surface area contributed by atoms with Crippen LogP contribution in [-0.2, 0) is 35.1 Å². The molecule has 3 aromatic rings. The summed E-state index contributed by atoms with van der Waals surface area (Å²) in [7, 11) is 0. The fraction of sp³-hybridized carbons (Fsp3) is 0.372. The highest BCUT2D eigenvalue weighted by Crippen LogP contribution is 2.42. The van der Waals surface area contributed by atoms with Gasteiger partial charge in [-0.2, -0.15) is 0 Å². The number of rotatable bonds is 7. The van der Waals surface area contributed by atoms with Gasteiger partial charge in [-0.1, -0.05) is 66.7 Å². The van der Waals surface area contributed by atoms with Crippen LogP contribution in [0.25, 0.3) is 6.08 Å². The van der Waals surface area contributed by atoms with Gasteiger partial charge in [0.2, 0.25) is 5.96 Å². The highest BCUT2D eigenvalue weighted by molar-refractivity contribution is 6.39. The van der Waals surface area contributed by atoms with Crippen molar-refractivity contribution >= 4 is 71.2 Å². The maximum Gasteiger partial charge on any atom is 0.437 e. The van der Waals surface area contributed by atoms with Crippen molar-refractivity contribution in [2.45, 2.75) is 97.8 Å². The normalized spacial score (nSPS) is 15.1. The van der Waals surface area contributed by atoms with E-state index in [0.717, 1.165) is 15.9 Å². The average Bonchev–Trinajstić information content (AvgIpc) is 3.43. The first-order chi connectivity index (χ1) is 28.3. The first-order valence-corrected chi connectivity index (χ1v) is 19.4. The number of fused-ring (bicyclic) bond motifs is 1. The van der Waals surface area contributed by atoms with Gasteiger partial charge in [-0.15, -0.1) is 4.99 Å². The molecular weight excluding hydrogens is 815 g/mol. The van der Waals surface area contributed by atoms with Gasteiger partial charge in [0.1, 0.15) is 29.2 Å². The van der Waals surface area contributed by atoms with E-state index in [2.05, 4.69) is 27.5 Å². The molecule has 0 saturated carbocycles. The van der Waals surface area contributed by atoms with Crippen LogP contribution in [0.15, 0.2) is 78.3 Å². The fourth-order valence-electron chi connectivity index (χ4n) is 5.72. The predicted octanol–water partition coefficient (Wildman–Crippen LogP) is 8.50. The van der Waals surface area contributed by atoms with Crippen molar-refractivity contribution in [1.29, 1.82) is 0 Å². The monoisotopic (exact) mass is 864 g/mol. The first kappa shape index (κ1) is 47.2. The van der Waals surface area contributed by atoms with E-state index >= 15 is 0 Å². The topological polar surface area (TPSA) is 194 Å². The number of alkyl carbamates (subject to hydrolysis) is 1. The van der Waals surface area contributed by atoms with Gasteiger partial charge in [0.05, 0.1) is 29.3 Å². The zero-order valence-electron chi connectivity index (χ0n) is 35.4. The van der Waals surface area contributed by atoms with Crippen molar-refractivity contribution in [2.24, 2.45) is 4.99 Å². The van der Waals surface area contributed by atoms with E-state index in [-0.39, 0.29) is 28.6 Å². The Morgan fingerprint density at radius 3 is 2.08 bits per heavy atom. The lowest BCUT2D eigenvalue weighted by Gasteiger charge is -2.34. The summed E-state index contributed by atoms with van der Waals surface area (Å²) in [6.45, 7) is 17.1. The van der Waals surface area contributed by atoms with Crippen LogP contribution in [0.5, 0.6) is 0 Å². The van der Waals surface area contributed by atoms with Crippen molar-refractivity contribution in [1.82, 2.24) is 15.5 Å². The molecule has 0 fully saturated rings. The molecule has 61 heavy (non-hydrogen) atoms. The molecule has 3 aromatic carbocycles. The number of carbonyl (C=O) groups excluding carboxylic acids is 6. The van der Waals surface area contributed by atoms with Crippen molar-refractivity contribution in [2.75, 3.05) is 16.8 Å². The number of nitrogens with one attached hydrogen (secondary N) is 3. The van der Waals surface area contributed by atoms with Crippen molar-refractivity contribution in [3.05, 3.63) is 101 Å². The van der Waals surface area contributed by atoms with Gasteiger partial charge in [0, 0.05) is 11.3 Å². The first-order valence-electron chi connectivity index (χ1n) is 19.0. The second-order valence-electron chi connectivity index (χ2n) is 16.7. The Kier molecular flexibility index (Phi) is 14.9. The molecule has 2 atom stereocenters. The molecule has 16 nitrogen and oxygen atoms in total. The quantitative estimate of drug-likeness (QED) is 0.0897. The number of aliphatic imine (C=N–C) groups is 1. The van der Waals surface area contributed by atoms with Crippen LogP contribution in [0.2, 0.25) is 5.02 Å². The molecular formula is C43H50ClFN6O10. The molecule has 3 N–H and O–H groups in total. The third-order valence-electron chi connectivity index (χ3n) is 8.12. The summed E-state index contributed by atoms with van der Waals surface area (Å²) in [6, 6.07) is 14.2. The Labute approximate surface area is 358 Å². The molecule has 0 unspecified atom stereocenters. The summed E-state index contributed by atoms with van der Waals surface area (Å²) >= 11 is 5.79. The van der Waals surface area contributed by atoms with E-state index in [9.17, 15) is 33.2 Å². The number of anilines is 2. The van der Waals surface area contributed by atoms with Gasteiger partial charge in [-0.05, 0) is 97.7 Å². The van der Waals surface area contributed by atoms with Crippen LogP contribution < -0.4 is 20.9 Å². The van der Waals surface area contributed by atoms with Crippen LogP contribution in [0, 0.1) is 5.82 Å². The minimum absolute atomic E-state index is 0.0838. The Balaban J connectivity index is 1.90. The van der Waals surface area contributed by atoms with E-state index in [1.807, 2.05) is 0 Å². The van der Waals surface area contributed by atoms with Crippen molar-refractivity contribution in [3.8, 4) is 0 Å². The lowest BCUT2D eigenvalue weighted by atomic mass is 10.0. The van der Waals surface area contributed by atoms with Gasteiger partial charge in [0.25, 0.3) is 0 Å². The predicted molar refractivity (Wildman–Crippen MR) is 226 cm³/mol. The van der Waals surface area contributed by atoms with Gasteiger partial charge in [-0.3, -0.25) is 19.8 Å². The Morgan fingerprint density at radius 2 is 1.49 bits per heavy atom. The van der Waals surface area contributed by atoms with E-state index < -0.39 is 83.4 Å². The van der Waals surface area contributed by atoms with E-state index in [1.165, 1.54) is 18.2 Å². The fourth-order valence-corrected chi connectivity index (χ4v) is 5.84. The van der Waals surface area contributed by atoms with Gasteiger partial charge in [-0.25, -0.2) is 28.5 Å². The number of halogens is 2. The van der Waals surface area contributed by atoms with Crippen molar-refractivity contribution < 1.29 is 52.1 Å². The number of hydrogen-bond donors (Lipinski definition) is 3. The van der Waals surface area contributed by atoms with E-state index in [4.69, 9.17) is 30.5 Å². The Morgan fingerprint density at radius 1 is 0.852 bits per heavy atom. The molecule has 0 saturated heterocycles. The summed E-state index contributed by atoms with van der Waals surface area (Å²) in [5.41, 5.74) is -1.75. The Hall–Kier alpha value is -6.49. The maximum absolute atomic E-state index is 14.4. The Bertz CT molecular complexity index is 2200. The number of hydrogen-bond acceptors (Lipinski definition) is 10. The average molecular weight is 865 g/mol. The lowest BCUT2D eigenvalue weighted by Crippen LogP contribution is -2.57. The highest BCUT2D eigenvalue weighted by atomic mass is 35.5. The maximum atomic E-state index is 14.4. The van der Waals surface area contributed by atoms with Crippen molar-refractivity contribution in [3.63, 3.8) is 0 Å². The molecule has 18 heteroatoms. The molecule has 6 amide bonds. The van der Waals surface area contributed by atoms with Crippen LogP contribution >= 0.6 is 11.6 Å². The van der Waals surface area contributed by atoms with Crippen LogP contribution in [0.1, 0.15) is 85.0 Å². The second-order valence-corrected chi connectivity index (χ2v) is 17.1. The van der Waals surface area contributed by atoms with E-state index in [1.54, 1.807) is 111 Å². The SMILES string of the molecule is C=Cc1ccc2c(c1)N(C(=O)OCc1ccccc1)[C@H](CN(C(=O)OC(C)(C)C)C(=NC(=O)OC(C)(C)C)NC(=O)OC(C)(C)C)[C@H]2NC(=O)C(=O)Nc1ccc(Cl)c(F)c1.